The summed E-state index contributed by atoms with van der Waals surface area (Å²) in [6.45, 7) is 1.84. The SMILES string of the molecule is N=c1nc2ccc(Br)cc2c2n1CCCN2. The summed E-state index contributed by atoms with van der Waals surface area (Å²) in [5.74, 6) is 1.02. The van der Waals surface area contributed by atoms with Crippen molar-refractivity contribution >= 4 is 32.7 Å². The van der Waals surface area contributed by atoms with Crippen LogP contribution in [0.15, 0.2) is 22.7 Å². The predicted octanol–water partition coefficient (Wildman–Crippen LogP) is 2.09. The molecule has 0 aliphatic carbocycles. The van der Waals surface area contributed by atoms with Crippen LogP contribution in [-0.2, 0) is 6.54 Å². The summed E-state index contributed by atoms with van der Waals surface area (Å²) in [5, 5.41) is 12.3. The summed E-state index contributed by atoms with van der Waals surface area (Å²) in [6, 6.07) is 5.94. The van der Waals surface area contributed by atoms with Crippen LogP contribution in [0.5, 0.6) is 0 Å². The van der Waals surface area contributed by atoms with Crippen molar-refractivity contribution in [3.05, 3.63) is 28.3 Å². The van der Waals surface area contributed by atoms with Crippen molar-refractivity contribution in [3.63, 3.8) is 0 Å². The molecule has 82 valence electrons. The van der Waals surface area contributed by atoms with Gasteiger partial charge in [0.2, 0.25) is 5.62 Å². The molecule has 0 spiro atoms. The number of fused-ring (bicyclic) bond motifs is 3. The smallest absolute Gasteiger partial charge is 0.224 e. The van der Waals surface area contributed by atoms with Gasteiger partial charge in [-0.2, -0.15) is 0 Å². The quantitative estimate of drug-likeness (QED) is 0.776. The van der Waals surface area contributed by atoms with E-state index in [-0.39, 0.29) is 0 Å². The molecule has 0 radical (unpaired) electrons. The molecule has 0 unspecified atom stereocenters. The second kappa shape index (κ2) is 3.59. The van der Waals surface area contributed by atoms with Crippen LogP contribution in [0.2, 0.25) is 0 Å². The van der Waals surface area contributed by atoms with E-state index in [4.69, 9.17) is 5.41 Å². The molecule has 1 aromatic carbocycles. The van der Waals surface area contributed by atoms with E-state index < -0.39 is 0 Å². The third-order valence-electron chi connectivity index (χ3n) is 2.82. The average molecular weight is 279 g/mol. The van der Waals surface area contributed by atoms with Gasteiger partial charge in [0, 0.05) is 22.9 Å². The van der Waals surface area contributed by atoms with Crippen LogP contribution in [0.25, 0.3) is 10.9 Å². The fraction of sp³-hybridized carbons (Fsp3) is 0.273. The normalized spacial score (nSPS) is 14.6. The van der Waals surface area contributed by atoms with E-state index in [1.54, 1.807) is 0 Å². The minimum absolute atomic E-state index is 0.331. The molecule has 0 saturated heterocycles. The van der Waals surface area contributed by atoms with Crippen molar-refractivity contribution < 1.29 is 0 Å². The highest BCUT2D eigenvalue weighted by atomic mass is 79.9. The number of nitrogens with one attached hydrogen (secondary N) is 2. The lowest BCUT2D eigenvalue weighted by Gasteiger charge is -2.22. The van der Waals surface area contributed by atoms with Crippen LogP contribution in [0.4, 0.5) is 5.82 Å². The fourth-order valence-electron chi connectivity index (χ4n) is 2.07. The van der Waals surface area contributed by atoms with Crippen LogP contribution < -0.4 is 10.9 Å². The highest BCUT2D eigenvalue weighted by Gasteiger charge is 2.12. The third-order valence-corrected chi connectivity index (χ3v) is 3.31. The lowest BCUT2D eigenvalue weighted by atomic mass is 10.2. The first-order valence-corrected chi connectivity index (χ1v) is 6.03. The van der Waals surface area contributed by atoms with Crippen molar-refractivity contribution in [3.8, 4) is 0 Å². The Hall–Kier alpha value is -1.36. The molecule has 0 bridgehead atoms. The standard InChI is InChI=1S/C11H11BrN4/c12-7-2-3-9-8(6-7)10-14-4-1-5-16(10)11(13)15-9/h2-3,6,13-14H,1,4-5H2. The van der Waals surface area contributed by atoms with Crippen molar-refractivity contribution in [1.29, 1.82) is 5.41 Å². The van der Waals surface area contributed by atoms with Crippen molar-refractivity contribution in [2.45, 2.75) is 13.0 Å². The van der Waals surface area contributed by atoms with Crippen LogP contribution in [0.1, 0.15) is 6.42 Å². The summed E-state index contributed by atoms with van der Waals surface area (Å²) < 4.78 is 2.97. The van der Waals surface area contributed by atoms with Gasteiger partial charge >= 0.3 is 0 Å². The molecule has 2 aromatic rings. The molecule has 0 saturated carbocycles. The molecular formula is C11H11BrN4. The maximum absolute atomic E-state index is 7.88. The number of hydrogen-bond donors (Lipinski definition) is 2. The van der Waals surface area contributed by atoms with Gasteiger partial charge in [0.05, 0.1) is 5.52 Å². The Balaban J connectivity index is 2.43. The number of benzene rings is 1. The Morgan fingerprint density at radius 2 is 2.31 bits per heavy atom. The summed E-state index contributed by atoms with van der Waals surface area (Å²) in [7, 11) is 0. The zero-order chi connectivity index (χ0) is 11.1. The fourth-order valence-corrected chi connectivity index (χ4v) is 2.43. The van der Waals surface area contributed by atoms with Gasteiger partial charge in [-0.25, -0.2) is 4.98 Å². The molecule has 1 aliphatic rings. The summed E-state index contributed by atoms with van der Waals surface area (Å²) in [5.41, 5.74) is 1.20. The van der Waals surface area contributed by atoms with Crippen LogP contribution in [-0.4, -0.2) is 16.1 Å². The molecule has 0 fully saturated rings. The zero-order valence-corrected chi connectivity index (χ0v) is 10.2. The minimum Gasteiger partial charge on any atom is -0.371 e. The summed E-state index contributed by atoms with van der Waals surface area (Å²) in [4.78, 5) is 4.30. The third kappa shape index (κ3) is 1.43. The largest absolute Gasteiger partial charge is 0.371 e. The monoisotopic (exact) mass is 278 g/mol. The Kier molecular flexibility index (Phi) is 2.21. The first-order chi connectivity index (χ1) is 7.75. The number of hydrogen-bond acceptors (Lipinski definition) is 3. The Labute approximate surface area is 101 Å². The summed E-state index contributed by atoms with van der Waals surface area (Å²) in [6.07, 6.45) is 1.05. The van der Waals surface area contributed by atoms with Gasteiger partial charge in [0.25, 0.3) is 0 Å². The molecule has 0 atom stereocenters. The molecule has 0 amide bonds. The predicted molar refractivity (Wildman–Crippen MR) is 66.4 cm³/mol. The van der Waals surface area contributed by atoms with Gasteiger partial charge in [-0.15, -0.1) is 0 Å². The Morgan fingerprint density at radius 3 is 3.19 bits per heavy atom. The maximum Gasteiger partial charge on any atom is 0.224 e. The van der Waals surface area contributed by atoms with E-state index >= 15 is 0 Å². The number of aromatic nitrogens is 2. The molecular weight excluding hydrogens is 268 g/mol. The molecule has 3 rings (SSSR count). The van der Waals surface area contributed by atoms with E-state index in [1.165, 1.54) is 0 Å². The first-order valence-electron chi connectivity index (χ1n) is 5.24. The van der Waals surface area contributed by atoms with Gasteiger partial charge in [-0.1, -0.05) is 15.9 Å². The Morgan fingerprint density at radius 1 is 1.44 bits per heavy atom. The van der Waals surface area contributed by atoms with E-state index in [9.17, 15) is 0 Å². The van der Waals surface area contributed by atoms with Gasteiger partial charge in [-0.05, 0) is 24.6 Å². The van der Waals surface area contributed by atoms with Crippen molar-refractivity contribution in [1.82, 2.24) is 9.55 Å². The van der Waals surface area contributed by atoms with Gasteiger partial charge < -0.3 is 5.32 Å². The second-order valence-electron chi connectivity index (χ2n) is 3.88. The van der Waals surface area contributed by atoms with Crippen LogP contribution >= 0.6 is 15.9 Å². The van der Waals surface area contributed by atoms with E-state index in [0.717, 1.165) is 40.7 Å². The van der Waals surface area contributed by atoms with E-state index in [0.29, 0.717) is 5.62 Å². The average Bonchev–Trinajstić information content (AvgIpc) is 2.31. The minimum atomic E-state index is 0.331. The zero-order valence-electron chi connectivity index (χ0n) is 8.63. The Bertz CT molecular complexity index is 617. The molecule has 1 aliphatic heterocycles. The second-order valence-corrected chi connectivity index (χ2v) is 4.79. The lowest BCUT2D eigenvalue weighted by Crippen LogP contribution is -2.30. The highest BCUT2D eigenvalue weighted by Crippen LogP contribution is 2.25. The molecule has 5 heteroatoms. The molecule has 2 N–H and O–H groups in total. The maximum atomic E-state index is 7.88. The summed E-state index contributed by atoms with van der Waals surface area (Å²) >= 11 is 3.47. The molecule has 4 nitrogen and oxygen atoms in total. The number of halogens is 1. The van der Waals surface area contributed by atoms with E-state index in [2.05, 4.69) is 26.2 Å². The molecule has 1 aromatic heterocycles. The van der Waals surface area contributed by atoms with Crippen LogP contribution in [0.3, 0.4) is 0 Å². The van der Waals surface area contributed by atoms with Crippen molar-refractivity contribution in [2.24, 2.45) is 0 Å². The molecule has 2 heterocycles. The lowest BCUT2D eigenvalue weighted by molar-refractivity contribution is 0.585. The number of nitrogens with zero attached hydrogens (tertiary/aromatic N) is 2. The van der Waals surface area contributed by atoms with Gasteiger partial charge in [-0.3, -0.25) is 9.98 Å². The van der Waals surface area contributed by atoms with Gasteiger partial charge in [0.15, 0.2) is 0 Å². The topological polar surface area (TPSA) is 53.7 Å². The van der Waals surface area contributed by atoms with Gasteiger partial charge in [0.1, 0.15) is 5.82 Å². The number of rotatable bonds is 0. The number of anilines is 1. The van der Waals surface area contributed by atoms with Crippen LogP contribution in [0, 0.1) is 5.41 Å². The molecule has 16 heavy (non-hydrogen) atoms. The first kappa shape index (κ1) is 9.84. The van der Waals surface area contributed by atoms with Crippen molar-refractivity contribution in [2.75, 3.05) is 11.9 Å². The highest BCUT2D eigenvalue weighted by molar-refractivity contribution is 9.10. The van der Waals surface area contributed by atoms with E-state index in [1.807, 2.05) is 22.8 Å².